The van der Waals surface area contributed by atoms with Gasteiger partial charge in [-0.1, -0.05) is 23.5 Å². The molecule has 0 atom stereocenters. The second-order valence-corrected chi connectivity index (χ2v) is 7.48. The fourth-order valence-electron chi connectivity index (χ4n) is 2.68. The van der Waals surface area contributed by atoms with Crippen LogP contribution in [0.1, 0.15) is 10.6 Å². The Kier molecular flexibility index (Phi) is 4.40. The monoisotopic (exact) mass is 361 g/mol. The number of halogens is 1. The van der Waals surface area contributed by atoms with Crippen LogP contribution in [0.5, 0.6) is 0 Å². The summed E-state index contributed by atoms with van der Waals surface area (Å²) >= 11 is 3.29. The Morgan fingerprint density at radius 2 is 1.67 bits per heavy atom. The lowest BCUT2D eigenvalue weighted by Crippen LogP contribution is -2.46. The molecule has 1 aliphatic heterocycles. The maximum atomic E-state index is 13.0. The largest absolute Gasteiger partial charge is 0.345 e. The Morgan fingerprint density at radius 1 is 0.958 bits per heavy atom. The molecule has 1 aromatic carbocycles. The standard InChI is InChI=1S/C16H16FN5S2/c17-13-3-1-12(2-4-13)11-14-19-20-16(24-14)22-8-6-21(7-9-22)15-18-5-10-23-15/h1-5,10H,6-9,11H2. The molecule has 124 valence electrons. The van der Waals surface area contributed by atoms with Gasteiger partial charge >= 0.3 is 0 Å². The van der Waals surface area contributed by atoms with Gasteiger partial charge in [0.25, 0.3) is 0 Å². The maximum Gasteiger partial charge on any atom is 0.208 e. The lowest BCUT2D eigenvalue weighted by molar-refractivity contribution is 0.627. The highest BCUT2D eigenvalue weighted by atomic mass is 32.1. The van der Waals surface area contributed by atoms with Crippen molar-refractivity contribution in [1.82, 2.24) is 15.2 Å². The first-order chi connectivity index (χ1) is 11.8. The highest BCUT2D eigenvalue weighted by Gasteiger charge is 2.21. The van der Waals surface area contributed by atoms with Crippen molar-refractivity contribution in [2.75, 3.05) is 36.0 Å². The second-order valence-electron chi connectivity index (χ2n) is 5.57. The number of nitrogens with zero attached hydrogens (tertiary/aromatic N) is 5. The quantitative estimate of drug-likeness (QED) is 0.715. The summed E-state index contributed by atoms with van der Waals surface area (Å²) in [7, 11) is 0. The molecule has 5 nitrogen and oxygen atoms in total. The maximum absolute atomic E-state index is 13.0. The van der Waals surface area contributed by atoms with E-state index in [4.69, 9.17) is 0 Å². The molecule has 2 aromatic heterocycles. The van der Waals surface area contributed by atoms with Crippen LogP contribution in [0.3, 0.4) is 0 Å². The van der Waals surface area contributed by atoms with E-state index in [9.17, 15) is 4.39 Å². The molecule has 3 aromatic rings. The molecule has 1 fully saturated rings. The van der Waals surface area contributed by atoms with Crippen LogP contribution in [-0.2, 0) is 6.42 Å². The van der Waals surface area contributed by atoms with Crippen LogP contribution in [0, 0.1) is 5.82 Å². The van der Waals surface area contributed by atoms with Crippen molar-refractivity contribution >= 4 is 32.9 Å². The Hall–Kier alpha value is -2.06. The fraction of sp³-hybridized carbons (Fsp3) is 0.312. The Balaban J connectivity index is 1.38. The lowest BCUT2D eigenvalue weighted by atomic mass is 10.2. The van der Waals surface area contributed by atoms with Crippen molar-refractivity contribution in [2.45, 2.75) is 6.42 Å². The van der Waals surface area contributed by atoms with E-state index in [1.807, 2.05) is 11.6 Å². The summed E-state index contributed by atoms with van der Waals surface area (Å²) in [5.41, 5.74) is 1.05. The highest BCUT2D eigenvalue weighted by molar-refractivity contribution is 7.15. The van der Waals surface area contributed by atoms with E-state index in [0.717, 1.165) is 47.0 Å². The predicted octanol–water partition coefficient (Wildman–Crippen LogP) is 3.05. The van der Waals surface area contributed by atoms with Crippen molar-refractivity contribution in [3.05, 3.63) is 52.2 Å². The van der Waals surface area contributed by atoms with Crippen molar-refractivity contribution in [3.63, 3.8) is 0 Å². The summed E-state index contributed by atoms with van der Waals surface area (Å²) in [4.78, 5) is 8.95. The third-order valence-corrected chi connectivity index (χ3v) is 5.78. The van der Waals surface area contributed by atoms with Crippen LogP contribution in [0.15, 0.2) is 35.8 Å². The second kappa shape index (κ2) is 6.82. The first-order valence-corrected chi connectivity index (χ1v) is 9.44. The molecular weight excluding hydrogens is 345 g/mol. The van der Waals surface area contributed by atoms with E-state index in [1.54, 1.807) is 34.8 Å². The average molecular weight is 361 g/mol. The number of rotatable bonds is 4. The normalized spacial score (nSPS) is 15.0. The lowest BCUT2D eigenvalue weighted by Gasteiger charge is -2.34. The van der Waals surface area contributed by atoms with E-state index >= 15 is 0 Å². The smallest absolute Gasteiger partial charge is 0.208 e. The summed E-state index contributed by atoms with van der Waals surface area (Å²) in [6.07, 6.45) is 2.54. The van der Waals surface area contributed by atoms with Crippen LogP contribution < -0.4 is 9.80 Å². The van der Waals surface area contributed by atoms with E-state index in [2.05, 4.69) is 25.0 Å². The molecule has 0 unspecified atom stereocenters. The van der Waals surface area contributed by atoms with Crippen LogP contribution in [0.2, 0.25) is 0 Å². The number of piperazine rings is 1. The van der Waals surface area contributed by atoms with Crippen molar-refractivity contribution in [3.8, 4) is 0 Å². The van der Waals surface area contributed by atoms with E-state index < -0.39 is 0 Å². The molecule has 0 bridgehead atoms. The van der Waals surface area contributed by atoms with Crippen molar-refractivity contribution in [1.29, 1.82) is 0 Å². The number of anilines is 2. The number of thiazole rings is 1. The van der Waals surface area contributed by atoms with Crippen molar-refractivity contribution < 1.29 is 4.39 Å². The Morgan fingerprint density at radius 3 is 2.33 bits per heavy atom. The number of benzene rings is 1. The van der Waals surface area contributed by atoms with Gasteiger partial charge in [0.2, 0.25) is 5.13 Å². The fourth-order valence-corrected chi connectivity index (χ4v) is 4.30. The number of hydrogen-bond donors (Lipinski definition) is 0. The van der Waals surface area contributed by atoms with Crippen LogP contribution in [0.4, 0.5) is 14.7 Å². The molecule has 0 aliphatic carbocycles. The molecule has 0 radical (unpaired) electrons. The number of aromatic nitrogens is 3. The first-order valence-electron chi connectivity index (χ1n) is 7.74. The molecule has 24 heavy (non-hydrogen) atoms. The zero-order valence-electron chi connectivity index (χ0n) is 12.9. The van der Waals surface area contributed by atoms with Gasteiger partial charge < -0.3 is 9.80 Å². The Labute approximate surface area is 147 Å². The van der Waals surface area contributed by atoms with Crippen LogP contribution >= 0.6 is 22.7 Å². The SMILES string of the molecule is Fc1ccc(Cc2nnc(N3CCN(c4nccs4)CC3)s2)cc1. The molecule has 3 heterocycles. The van der Waals surface area contributed by atoms with E-state index in [1.165, 1.54) is 12.1 Å². The predicted molar refractivity (Wildman–Crippen MR) is 95.7 cm³/mol. The minimum Gasteiger partial charge on any atom is -0.345 e. The molecule has 4 rings (SSSR count). The summed E-state index contributed by atoms with van der Waals surface area (Å²) < 4.78 is 13.0. The van der Waals surface area contributed by atoms with E-state index in [0.29, 0.717) is 6.42 Å². The van der Waals surface area contributed by atoms with E-state index in [-0.39, 0.29) is 5.82 Å². The van der Waals surface area contributed by atoms with Gasteiger partial charge in [0.05, 0.1) is 0 Å². The van der Waals surface area contributed by atoms with Crippen LogP contribution in [0.25, 0.3) is 0 Å². The van der Waals surface area contributed by atoms with Gasteiger partial charge in [0.1, 0.15) is 10.8 Å². The summed E-state index contributed by atoms with van der Waals surface area (Å²) in [6, 6.07) is 6.55. The topological polar surface area (TPSA) is 45.2 Å². The molecule has 0 N–H and O–H groups in total. The van der Waals surface area contributed by atoms with Crippen LogP contribution in [-0.4, -0.2) is 41.4 Å². The van der Waals surface area contributed by atoms with Gasteiger partial charge in [-0.25, -0.2) is 9.37 Å². The third-order valence-electron chi connectivity index (χ3n) is 3.96. The third kappa shape index (κ3) is 3.39. The Bertz CT molecular complexity index is 779. The molecule has 1 aliphatic rings. The zero-order valence-corrected chi connectivity index (χ0v) is 14.6. The summed E-state index contributed by atoms with van der Waals surface area (Å²) in [5.74, 6) is -0.213. The summed E-state index contributed by atoms with van der Waals surface area (Å²) in [5, 5.41) is 13.6. The zero-order chi connectivity index (χ0) is 16.4. The van der Waals surface area contributed by atoms with Crippen molar-refractivity contribution in [2.24, 2.45) is 0 Å². The van der Waals surface area contributed by atoms with Gasteiger partial charge in [-0.2, -0.15) is 0 Å². The van der Waals surface area contributed by atoms with Gasteiger partial charge in [-0.05, 0) is 17.7 Å². The minimum atomic E-state index is -0.213. The first kappa shape index (κ1) is 15.5. The molecule has 0 spiro atoms. The number of hydrogen-bond acceptors (Lipinski definition) is 7. The summed E-state index contributed by atoms with van der Waals surface area (Å²) in [6.45, 7) is 3.73. The molecule has 1 saturated heterocycles. The highest BCUT2D eigenvalue weighted by Crippen LogP contribution is 2.25. The molecule has 8 heteroatoms. The molecule has 0 amide bonds. The minimum absolute atomic E-state index is 0.213. The van der Waals surface area contributed by atoms with Gasteiger partial charge in [0.15, 0.2) is 5.13 Å². The van der Waals surface area contributed by atoms with Gasteiger partial charge in [-0.3, -0.25) is 0 Å². The average Bonchev–Trinajstić information content (AvgIpc) is 3.29. The molecule has 0 saturated carbocycles. The van der Waals surface area contributed by atoms with Gasteiger partial charge in [-0.15, -0.1) is 21.5 Å². The molecular formula is C16H16FN5S2. The van der Waals surface area contributed by atoms with Gasteiger partial charge in [0, 0.05) is 44.2 Å².